The van der Waals surface area contributed by atoms with Crippen molar-refractivity contribution in [3.8, 4) is 0 Å². The Balaban J connectivity index is 1.90. The second kappa shape index (κ2) is 5.12. The van der Waals surface area contributed by atoms with Crippen molar-refractivity contribution in [2.75, 3.05) is 6.54 Å². The Labute approximate surface area is 119 Å². The van der Waals surface area contributed by atoms with Crippen molar-refractivity contribution < 1.29 is 4.79 Å². The van der Waals surface area contributed by atoms with Crippen LogP contribution in [0.25, 0.3) is 0 Å². The highest BCUT2D eigenvalue weighted by atomic mass is 16.2. The molecule has 1 amide bonds. The molecular weight excluding hydrogens is 250 g/mol. The van der Waals surface area contributed by atoms with Crippen LogP contribution in [0.5, 0.6) is 0 Å². The van der Waals surface area contributed by atoms with Gasteiger partial charge in [0.2, 0.25) is 0 Å². The summed E-state index contributed by atoms with van der Waals surface area (Å²) >= 11 is 0. The number of hydrogen-bond donors (Lipinski definition) is 0. The van der Waals surface area contributed by atoms with Crippen LogP contribution in [0.4, 0.5) is 0 Å². The largest absolute Gasteiger partial charge is 0.330 e. The van der Waals surface area contributed by atoms with E-state index in [1.165, 1.54) is 11.1 Å². The lowest BCUT2D eigenvalue weighted by atomic mass is 10.0. The number of amides is 1. The van der Waals surface area contributed by atoms with E-state index in [9.17, 15) is 4.79 Å². The predicted molar refractivity (Wildman–Crippen MR) is 77.4 cm³/mol. The van der Waals surface area contributed by atoms with Crippen LogP contribution in [0.2, 0.25) is 0 Å². The number of likely N-dealkylation sites (tertiary alicyclic amines) is 1. The second-order valence-electron chi connectivity index (χ2n) is 5.41. The third kappa shape index (κ3) is 2.22. The summed E-state index contributed by atoms with van der Waals surface area (Å²) in [5.74, 6) is 0.0778. The fourth-order valence-electron chi connectivity index (χ4n) is 2.96. The molecule has 2 heterocycles. The first kappa shape index (κ1) is 12.9. The van der Waals surface area contributed by atoms with Crippen molar-refractivity contribution >= 4 is 5.91 Å². The Kier molecular flexibility index (Phi) is 3.30. The molecule has 4 nitrogen and oxygen atoms in total. The first-order chi connectivity index (χ1) is 9.66. The van der Waals surface area contributed by atoms with Crippen molar-refractivity contribution in [3.05, 3.63) is 53.3 Å². The number of aryl methyl sites for hydroxylation is 2. The Hall–Kier alpha value is -2.10. The number of rotatable bonds is 2. The Bertz CT molecular complexity index is 632. The number of hydrogen-bond acceptors (Lipinski definition) is 2. The third-order valence-corrected chi connectivity index (χ3v) is 3.98. The monoisotopic (exact) mass is 269 g/mol. The number of carbonyl (C=O) groups is 1. The maximum Gasteiger partial charge on any atom is 0.272 e. The highest BCUT2D eigenvalue weighted by Crippen LogP contribution is 2.33. The molecule has 20 heavy (non-hydrogen) atoms. The number of aromatic nitrogens is 2. The number of nitrogens with zero attached hydrogens (tertiary/aromatic N) is 3. The van der Waals surface area contributed by atoms with Crippen molar-refractivity contribution in [1.82, 2.24) is 14.7 Å². The normalized spacial score (nSPS) is 18.5. The van der Waals surface area contributed by atoms with E-state index in [0.29, 0.717) is 5.69 Å². The lowest BCUT2D eigenvalue weighted by molar-refractivity contribution is 0.0724. The van der Waals surface area contributed by atoms with Gasteiger partial charge < -0.3 is 4.90 Å². The quantitative estimate of drug-likeness (QED) is 0.840. The maximum atomic E-state index is 12.7. The zero-order valence-electron chi connectivity index (χ0n) is 11.9. The van der Waals surface area contributed by atoms with E-state index in [1.807, 2.05) is 11.9 Å². The standard InChI is InChI=1S/C16H19N3O/c1-12-5-3-6-13(11-12)14-7-4-10-19(14)16(20)15-8-9-17-18(15)2/h3,5-6,8-9,11,14H,4,7,10H2,1-2H3/t14-/m0/s1. The summed E-state index contributed by atoms with van der Waals surface area (Å²) in [6, 6.07) is 10.4. The van der Waals surface area contributed by atoms with E-state index in [4.69, 9.17) is 0 Å². The molecule has 1 fully saturated rings. The molecule has 4 heteroatoms. The van der Waals surface area contributed by atoms with Crippen molar-refractivity contribution in [2.24, 2.45) is 7.05 Å². The molecule has 0 spiro atoms. The SMILES string of the molecule is Cc1cccc([C@@H]2CCCN2C(=O)c2ccnn2C)c1. The van der Waals surface area contributed by atoms with Crippen molar-refractivity contribution in [3.63, 3.8) is 0 Å². The van der Waals surface area contributed by atoms with Gasteiger partial charge in [-0.2, -0.15) is 5.10 Å². The average molecular weight is 269 g/mol. The molecule has 0 bridgehead atoms. The van der Waals surface area contributed by atoms with Gasteiger partial charge in [0, 0.05) is 19.8 Å². The molecule has 1 aromatic carbocycles. The molecule has 0 saturated carbocycles. The summed E-state index contributed by atoms with van der Waals surface area (Å²) in [5.41, 5.74) is 3.13. The predicted octanol–water partition coefficient (Wildman–Crippen LogP) is 2.71. The van der Waals surface area contributed by atoms with Crippen LogP contribution in [-0.2, 0) is 7.05 Å². The minimum Gasteiger partial charge on any atom is -0.330 e. The highest BCUT2D eigenvalue weighted by Gasteiger charge is 2.31. The van der Waals surface area contributed by atoms with Crippen LogP contribution < -0.4 is 0 Å². The van der Waals surface area contributed by atoms with Crippen molar-refractivity contribution in [1.29, 1.82) is 0 Å². The van der Waals surface area contributed by atoms with Gasteiger partial charge in [-0.25, -0.2) is 0 Å². The maximum absolute atomic E-state index is 12.7. The van der Waals surface area contributed by atoms with Crippen LogP contribution in [0, 0.1) is 6.92 Å². The van der Waals surface area contributed by atoms with E-state index < -0.39 is 0 Å². The van der Waals surface area contributed by atoms with Gasteiger partial charge in [-0.3, -0.25) is 9.48 Å². The van der Waals surface area contributed by atoms with Gasteiger partial charge in [-0.1, -0.05) is 29.8 Å². The first-order valence-corrected chi connectivity index (χ1v) is 7.02. The number of carbonyl (C=O) groups excluding carboxylic acids is 1. The molecule has 1 atom stereocenters. The van der Waals surface area contributed by atoms with Crippen LogP contribution in [0.3, 0.4) is 0 Å². The summed E-state index contributed by atoms with van der Waals surface area (Å²) in [6.45, 7) is 2.91. The summed E-state index contributed by atoms with van der Waals surface area (Å²) in [6.07, 6.45) is 3.76. The second-order valence-corrected chi connectivity index (χ2v) is 5.41. The highest BCUT2D eigenvalue weighted by molar-refractivity contribution is 5.93. The van der Waals surface area contributed by atoms with Gasteiger partial charge in [-0.05, 0) is 31.4 Å². The number of benzene rings is 1. The van der Waals surface area contributed by atoms with E-state index in [0.717, 1.165) is 19.4 Å². The molecular formula is C16H19N3O. The smallest absolute Gasteiger partial charge is 0.272 e. The molecule has 1 aliphatic rings. The van der Waals surface area contributed by atoms with Crippen molar-refractivity contribution in [2.45, 2.75) is 25.8 Å². The van der Waals surface area contributed by atoms with Crippen LogP contribution in [0.15, 0.2) is 36.5 Å². The van der Waals surface area contributed by atoms with E-state index in [-0.39, 0.29) is 11.9 Å². The fourth-order valence-corrected chi connectivity index (χ4v) is 2.96. The van der Waals surface area contributed by atoms with Gasteiger partial charge in [0.25, 0.3) is 5.91 Å². The van der Waals surface area contributed by atoms with Crippen LogP contribution >= 0.6 is 0 Å². The molecule has 1 saturated heterocycles. The molecule has 0 aliphatic carbocycles. The molecule has 0 N–H and O–H groups in total. The molecule has 0 unspecified atom stereocenters. The third-order valence-electron chi connectivity index (χ3n) is 3.98. The van der Waals surface area contributed by atoms with Gasteiger partial charge in [0.05, 0.1) is 6.04 Å². The lowest BCUT2D eigenvalue weighted by Crippen LogP contribution is -2.32. The van der Waals surface area contributed by atoms with Crippen LogP contribution in [-0.4, -0.2) is 27.1 Å². The first-order valence-electron chi connectivity index (χ1n) is 7.02. The summed E-state index contributed by atoms with van der Waals surface area (Å²) < 4.78 is 1.65. The Morgan fingerprint density at radius 2 is 2.20 bits per heavy atom. The lowest BCUT2D eigenvalue weighted by Gasteiger charge is -2.25. The summed E-state index contributed by atoms with van der Waals surface area (Å²) in [4.78, 5) is 14.6. The molecule has 1 aliphatic heterocycles. The van der Waals surface area contributed by atoms with E-state index >= 15 is 0 Å². The minimum absolute atomic E-state index is 0.0778. The van der Waals surface area contributed by atoms with E-state index in [2.05, 4.69) is 36.3 Å². The Morgan fingerprint density at radius 1 is 1.35 bits per heavy atom. The van der Waals surface area contributed by atoms with Gasteiger partial charge >= 0.3 is 0 Å². The van der Waals surface area contributed by atoms with Gasteiger partial charge in [-0.15, -0.1) is 0 Å². The van der Waals surface area contributed by atoms with Gasteiger partial charge in [0.1, 0.15) is 5.69 Å². The molecule has 2 aromatic rings. The fraction of sp³-hybridized carbons (Fsp3) is 0.375. The zero-order valence-corrected chi connectivity index (χ0v) is 11.9. The van der Waals surface area contributed by atoms with E-state index in [1.54, 1.807) is 16.9 Å². The van der Waals surface area contributed by atoms with Gasteiger partial charge in [0.15, 0.2) is 0 Å². The summed E-state index contributed by atoms with van der Waals surface area (Å²) in [7, 11) is 1.81. The minimum atomic E-state index is 0.0778. The molecule has 0 radical (unpaired) electrons. The molecule has 104 valence electrons. The molecule has 1 aromatic heterocycles. The average Bonchev–Trinajstić information content (AvgIpc) is 3.06. The molecule has 3 rings (SSSR count). The van der Waals surface area contributed by atoms with Crippen LogP contribution in [0.1, 0.15) is 40.5 Å². The Morgan fingerprint density at radius 3 is 2.90 bits per heavy atom. The zero-order chi connectivity index (χ0) is 14.1. The summed E-state index contributed by atoms with van der Waals surface area (Å²) in [5, 5.41) is 4.09. The topological polar surface area (TPSA) is 38.1 Å².